The Hall–Kier alpha value is -3.35. The minimum Gasteiger partial charge on any atom is -0.438 e. The number of nitrogens with one attached hydrogen (secondary N) is 2. The van der Waals surface area contributed by atoms with E-state index in [-0.39, 0.29) is 24.3 Å². The molecule has 2 aromatic carbocycles. The predicted octanol–water partition coefficient (Wildman–Crippen LogP) is 4.18. The summed E-state index contributed by atoms with van der Waals surface area (Å²) >= 11 is 0. The van der Waals surface area contributed by atoms with E-state index in [1.807, 2.05) is 52.0 Å². The molecule has 0 unspecified atom stereocenters. The first-order valence-corrected chi connectivity index (χ1v) is 11.0. The van der Waals surface area contributed by atoms with Crippen molar-refractivity contribution in [1.82, 2.24) is 10.2 Å². The van der Waals surface area contributed by atoms with Gasteiger partial charge in [0.05, 0.1) is 6.54 Å². The second kappa shape index (κ2) is 10.3. The Labute approximate surface area is 189 Å². The van der Waals surface area contributed by atoms with Crippen LogP contribution in [0.1, 0.15) is 50.0 Å². The molecule has 1 aliphatic heterocycles. The minimum absolute atomic E-state index is 0.0816. The third-order valence-corrected chi connectivity index (χ3v) is 5.27. The molecule has 1 fully saturated rings. The lowest BCUT2D eigenvalue weighted by atomic mass is 10.00. The molecular weight excluding hydrogens is 406 g/mol. The van der Waals surface area contributed by atoms with Gasteiger partial charge in [-0.1, -0.05) is 55.8 Å². The van der Waals surface area contributed by atoms with E-state index in [0.29, 0.717) is 24.2 Å². The number of likely N-dealkylation sites (N-methyl/N-ethyl adjacent to an activating group) is 1. The van der Waals surface area contributed by atoms with Crippen molar-refractivity contribution < 1.29 is 19.1 Å². The van der Waals surface area contributed by atoms with E-state index >= 15 is 0 Å². The van der Waals surface area contributed by atoms with Crippen LogP contribution in [0.25, 0.3) is 0 Å². The van der Waals surface area contributed by atoms with E-state index in [2.05, 4.69) is 10.6 Å². The first kappa shape index (κ1) is 23.3. The van der Waals surface area contributed by atoms with Crippen LogP contribution in [0.15, 0.2) is 48.5 Å². The second-order valence-electron chi connectivity index (χ2n) is 8.53. The lowest BCUT2D eigenvalue weighted by molar-refractivity contribution is -0.126. The molecule has 0 radical (unpaired) electrons. The van der Waals surface area contributed by atoms with Gasteiger partial charge in [-0.2, -0.15) is 0 Å². The van der Waals surface area contributed by atoms with E-state index in [0.717, 1.165) is 11.1 Å². The summed E-state index contributed by atoms with van der Waals surface area (Å²) in [5.41, 5.74) is 3.30. The quantitative estimate of drug-likeness (QED) is 0.649. The molecule has 1 saturated heterocycles. The number of carbonyl (C=O) groups excluding carboxylic acids is 3. The molecule has 0 aliphatic carbocycles. The maximum absolute atomic E-state index is 13.0. The highest BCUT2D eigenvalue weighted by Crippen LogP contribution is 2.35. The fraction of sp³-hybridized carbons (Fsp3) is 0.400. The molecule has 1 aliphatic rings. The summed E-state index contributed by atoms with van der Waals surface area (Å²) in [5, 5.41) is 5.70. The zero-order valence-electron chi connectivity index (χ0n) is 19.1. The number of cyclic esters (lactones) is 1. The summed E-state index contributed by atoms with van der Waals surface area (Å²) in [6.07, 6.45) is -0.906. The Morgan fingerprint density at radius 3 is 2.50 bits per heavy atom. The smallest absolute Gasteiger partial charge is 0.411 e. The Morgan fingerprint density at radius 1 is 1.12 bits per heavy atom. The number of ether oxygens (including phenoxy) is 1. The summed E-state index contributed by atoms with van der Waals surface area (Å²) < 4.78 is 5.67. The van der Waals surface area contributed by atoms with Crippen molar-refractivity contribution in [3.05, 3.63) is 65.2 Å². The minimum atomic E-state index is -0.814. The standard InChI is InChI=1S/C25H31N3O4/c1-5-26-24(30)22-23(19-7-6-8-20(14-19)27-21(29)13-16(2)3)32-25(31)28(22)15-18-11-9-17(4)10-12-18/h6-12,14,16,22-23H,5,13,15H2,1-4H3,(H,26,30)(H,27,29)/t22-,23+/m0/s1. The molecule has 0 spiro atoms. The number of benzene rings is 2. The van der Waals surface area contributed by atoms with E-state index in [1.165, 1.54) is 4.90 Å². The number of nitrogens with zero attached hydrogens (tertiary/aromatic N) is 1. The molecule has 2 aromatic rings. The van der Waals surface area contributed by atoms with Gasteiger partial charge in [-0.3, -0.25) is 14.5 Å². The van der Waals surface area contributed by atoms with Crippen molar-refractivity contribution in [3.63, 3.8) is 0 Å². The van der Waals surface area contributed by atoms with Crippen LogP contribution in [-0.2, 0) is 20.9 Å². The van der Waals surface area contributed by atoms with Crippen molar-refractivity contribution >= 4 is 23.6 Å². The maximum atomic E-state index is 13.0. The highest BCUT2D eigenvalue weighted by Gasteiger charge is 2.46. The second-order valence-corrected chi connectivity index (χ2v) is 8.53. The Bertz CT molecular complexity index is 971. The molecule has 3 amide bonds. The molecule has 3 rings (SSSR count). The molecule has 170 valence electrons. The first-order valence-electron chi connectivity index (χ1n) is 11.0. The van der Waals surface area contributed by atoms with Gasteiger partial charge in [0.1, 0.15) is 0 Å². The highest BCUT2D eigenvalue weighted by atomic mass is 16.6. The predicted molar refractivity (Wildman–Crippen MR) is 123 cm³/mol. The van der Waals surface area contributed by atoms with Crippen molar-refractivity contribution in [1.29, 1.82) is 0 Å². The van der Waals surface area contributed by atoms with Crippen LogP contribution in [0.3, 0.4) is 0 Å². The van der Waals surface area contributed by atoms with Gasteiger partial charge in [0, 0.05) is 18.7 Å². The van der Waals surface area contributed by atoms with Gasteiger partial charge in [0.2, 0.25) is 11.8 Å². The fourth-order valence-electron chi connectivity index (χ4n) is 3.76. The third kappa shape index (κ3) is 5.66. The lowest BCUT2D eigenvalue weighted by Gasteiger charge is -2.24. The molecule has 2 N–H and O–H groups in total. The SMILES string of the molecule is CCNC(=O)[C@@H]1[C@@H](c2cccc(NC(=O)CC(C)C)c2)OC(=O)N1Cc1ccc(C)cc1. The first-order chi connectivity index (χ1) is 15.3. The fourth-order valence-corrected chi connectivity index (χ4v) is 3.76. The molecule has 0 aromatic heterocycles. The van der Waals surface area contributed by atoms with Gasteiger partial charge in [-0.05, 0) is 43.0 Å². The van der Waals surface area contributed by atoms with Crippen LogP contribution in [0.4, 0.5) is 10.5 Å². The maximum Gasteiger partial charge on any atom is 0.411 e. The molecule has 32 heavy (non-hydrogen) atoms. The molecule has 2 atom stereocenters. The Balaban J connectivity index is 1.86. The van der Waals surface area contributed by atoms with Crippen LogP contribution in [-0.4, -0.2) is 35.4 Å². The van der Waals surface area contributed by atoms with Gasteiger partial charge in [0.25, 0.3) is 0 Å². The van der Waals surface area contributed by atoms with Crippen LogP contribution >= 0.6 is 0 Å². The molecule has 0 bridgehead atoms. The summed E-state index contributed by atoms with van der Waals surface area (Å²) in [5.74, 6) is -0.113. The highest BCUT2D eigenvalue weighted by molar-refractivity contribution is 5.91. The molecule has 1 heterocycles. The van der Waals surface area contributed by atoms with Crippen molar-refractivity contribution in [2.45, 2.75) is 52.8 Å². The van der Waals surface area contributed by atoms with E-state index in [9.17, 15) is 14.4 Å². The molecular formula is C25H31N3O4. The average molecular weight is 438 g/mol. The zero-order valence-corrected chi connectivity index (χ0v) is 19.1. The Kier molecular flexibility index (Phi) is 7.51. The molecule has 7 nitrogen and oxygen atoms in total. The van der Waals surface area contributed by atoms with Gasteiger partial charge >= 0.3 is 6.09 Å². The number of carbonyl (C=O) groups is 3. The van der Waals surface area contributed by atoms with Gasteiger partial charge < -0.3 is 15.4 Å². The zero-order chi connectivity index (χ0) is 23.3. The van der Waals surface area contributed by atoms with Crippen LogP contribution < -0.4 is 10.6 Å². The van der Waals surface area contributed by atoms with Gasteiger partial charge in [0.15, 0.2) is 12.1 Å². The van der Waals surface area contributed by atoms with E-state index in [1.54, 1.807) is 24.3 Å². The Morgan fingerprint density at radius 2 is 1.84 bits per heavy atom. The van der Waals surface area contributed by atoms with Crippen LogP contribution in [0.5, 0.6) is 0 Å². The topological polar surface area (TPSA) is 87.7 Å². The monoisotopic (exact) mass is 437 g/mol. The third-order valence-electron chi connectivity index (χ3n) is 5.27. The van der Waals surface area contributed by atoms with E-state index < -0.39 is 18.2 Å². The largest absolute Gasteiger partial charge is 0.438 e. The summed E-state index contributed by atoms with van der Waals surface area (Å²) in [6.45, 7) is 8.50. The summed E-state index contributed by atoms with van der Waals surface area (Å²) in [7, 11) is 0. The number of amides is 3. The van der Waals surface area contributed by atoms with Crippen LogP contribution in [0, 0.1) is 12.8 Å². The number of rotatable bonds is 8. The van der Waals surface area contributed by atoms with Crippen molar-refractivity contribution in [2.24, 2.45) is 5.92 Å². The van der Waals surface area contributed by atoms with Crippen molar-refractivity contribution in [3.8, 4) is 0 Å². The van der Waals surface area contributed by atoms with E-state index in [4.69, 9.17) is 4.74 Å². The average Bonchev–Trinajstić information content (AvgIpc) is 3.05. The normalized spacial score (nSPS) is 17.9. The van der Waals surface area contributed by atoms with Crippen LogP contribution in [0.2, 0.25) is 0 Å². The summed E-state index contributed by atoms with van der Waals surface area (Å²) in [6, 6.07) is 14.1. The summed E-state index contributed by atoms with van der Waals surface area (Å²) in [4.78, 5) is 39.4. The number of hydrogen-bond acceptors (Lipinski definition) is 4. The number of aryl methyl sites for hydroxylation is 1. The molecule has 0 saturated carbocycles. The van der Waals surface area contributed by atoms with Crippen molar-refractivity contribution in [2.75, 3.05) is 11.9 Å². The van der Waals surface area contributed by atoms with Gasteiger partial charge in [-0.25, -0.2) is 4.79 Å². The number of anilines is 1. The molecule has 7 heteroatoms. The number of hydrogen-bond donors (Lipinski definition) is 2. The van der Waals surface area contributed by atoms with Gasteiger partial charge in [-0.15, -0.1) is 0 Å². The lowest BCUT2D eigenvalue weighted by Crippen LogP contribution is -2.46.